The summed E-state index contributed by atoms with van der Waals surface area (Å²) >= 11 is 0. The summed E-state index contributed by atoms with van der Waals surface area (Å²) in [4.78, 5) is 53.0. The van der Waals surface area contributed by atoms with Gasteiger partial charge in [0.05, 0.1) is 11.4 Å². The number of fused-ring (bicyclic) bond motifs is 4. The predicted octanol–water partition coefficient (Wildman–Crippen LogP) is 4.52. The zero-order chi connectivity index (χ0) is 27.7. The van der Waals surface area contributed by atoms with Gasteiger partial charge < -0.3 is 15.0 Å². The first-order valence-electron chi connectivity index (χ1n) is 13.0. The molecule has 8 heteroatoms. The number of carbonyl (C=O) groups excluding carboxylic acids is 3. The first-order chi connectivity index (χ1) is 19.5. The molecule has 2 N–H and O–H groups in total. The monoisotopic (exact) mass is 530 g/mol. The van der Waals surface area contributed by atoms with Crippen LogP contribution in [-0.4, -0.2) is 46.2 Å². The van der Waals surface area contributed by atoms with Gasteiger partial charge in [-0.1, -0.05) is 66.7 Å². The molecule has 1 amide bonds. The second-order valence-electron chi connectivity index (χ2n) is 9.79. The quantitative estimate of drug-likeness (QED) is 0.258. The van der Waals surface area contributed by atoms with Crippen molar-refractivity contribution >= 4 is 51.7 Å². The molecule has 0 aliphatic carbocycles. The number of Topliss-reactive ketones (excluding diaryl/α,β-unsaturated/α-hetero) is 1. The summed E-state index contributed by atoms with van der Waals surface area (Å²) in [5, 5.41) is 3.74. The van der Waals surface area contributed by atoms with E-state index >= 15 is 0 Å². The van der Waals surface area contributed by atoms with Crippen LogP contribution in [0.4, 0.5) is 5.69 Å². The maximum Gasteiger partial charge on any atom is 0.329 e. The normalized spacial score (nSPS) is 17.8. The van der Waals surface area contributed by atoms with Gasteiger partial charge in [0.15, 0.2) is 5.78 Å². The Morgan fingerprint density at radius 3 is 2.55 bits per heavy atom. The molecule has 0 fully saturated rings. The van der Waals surface area contributed by atoms with Gasteiger partial charge in [-0.25, -0.2) is 9.79 Å². The Kier molecular flexibility index (Phi) is 6.43. The molecule has 1 unspecified atom stereocenters. The molecule has 0 bridgehead atoms. The van der Waals surface area contributed by atoms with E-state index < -0.39 is 29.2 Å². The third-order valence-corrected chi connectivity index (χ3v) is 7.28. The molecular formula is C32H26N4O4. The van der Waals surface area contributed by atoms with Crippen LogP contribution >= 0.6 is 0 Å². The highest BCUT2D eigenvalue weighted by atomic mass is 16.5. The highest BCUT2D eigenvalue weighted by Gasteiger charge is 2.53. The highest BCUT2D eigenvalue weighted by Crippen LogP contribution is 2.41. The molecule has 0 spiro atoms. The van der Waals surface area contributed by atoms with Crippen molar-refractivity contribution < 1.29 is 19.1 Å². The number of para-hydroxylation sites is 2. The fraction of sp³-hybridized carbons (Fsp3) is 0.156. The fourth-order valence-electron chi connectivity index (χ4n) is 5.23. The summed E-state index contributed by atoms with van der Waals surface area (Å²) < 4.78 is 5.64. The Morgan fingerprint density at radius 2 is 1.73 bits per heavy atom. The first kappa shape index (κ1) is 25.2. The SMILES string of the molecule is CC(=O)C1(C(=O)N[C@@H](Cc2c[nH]c3ccccc23)C(=O)OCc2ccccc2)N=CC=C2C1=Nc1ccccc12. The molecule has 40 heavy (non-hydrogen) atoms. The Bertz CT molecular complexity index is 1730. The number of aliphatic imine (C=N–C) groups is 2. The molecule has 0 saturated carbocycles. The summed E-state index contributed by atoms with van der Waals surface area (Å²) in [5.41, 5.74) is 3.02. The van der Waals surface area contributed by atoms with Gasteiger partial charge >= 0.3 is 5.97 Å². The van der Waals surface area contributed by atoms with E-state index in [0.29, 0.717) is 11.3 Å². The Morgan fingerprint density at radius 1 is 0.975 bits per heavy atom. The van der Waals surface area contributed by atoms with E-state index in [1.165, 1.54) is 13.1 Å². The zero-order valence-corrected chi connectivity index (χ0v) is 21.8. The van der Waals surface area contributed by atoms with Crippen molar-refractivity contribution in [2.75, 3.05) is 0 Å². The van der Waals surface area contributed by atoms with Gasteiger partial charge in [0, 0.05) is 40.9 Å². The number of dihydropyridines is 1. The van der Waals surface area contributed by atoms with Crippen LogP contribution in [0, 0.1) is 0 Å². The molecular weight excluding hydrogens is 504 g/mol. The van der Waals surface area contributed by atoms with Crippen LogP contribution in [0.1, 0.15) is 23.6 Å². The molecule has 2 aliphatic heterocycles. The number of aromatic nitrogens is 1. The number of nitrogens with one attached hydrogen (secondary N) is 2. The van der Waals surface area contributed by atoms with Gasteiger partial charge in [-0.3, -0.25) is 14.6 Å². The number of H-pyrrole nitrogens is 1. The number of benzene rings is 3. The number of ether oxygens (including phenoxy) is 1. The van der Waals surface area contributed by atoms with Crippen LogP contribution in [0.2, 0.25) is 0 Å². The average Bonchev–Trinajstić information content (AvgIpc) is 3.57. The molecule has 0 radical (unpaired) electrons. The predicted molar refractivity (Wildman–Crippen MR) is 154 cm³/mol. The van der Waals surface area contributed by atoms with Crippen molar-refractivity contribution in [1.82, 2.24) is 10.3 Å². The van der Waals surface area contributed by atoms with E-state index in [4.69, 9.17) is 4.74 Å². The molecule has 6 rings (SSSR count). The third kappa shape index (κ3) is 4.33. The van der Waals surface area contributed by atoms with Gasteiger partial charge in [0.1, 0.15) is 12.6 Å². The standard InChI is InChI=1S/C32H26N4O4/c1-20(37)32(29-25(15-16-34-32)24-12-6-8-14-27(24)35-29)31(39)36-28(30(38)40-19-21-9-3-2-4-10-21)17-22-18-33-26-13-7-5-11-23(22)26/h2-16,18,28,33H,17,19H2,1H3,(H,36,39)/t28-,32?/m0/s1. The minimum atomic E-state index is -1.93. The van der Waals surface area contributed by atoms with Gasteiger partial charge in [0.2, 0.25) is 5.54 Å². The summed E-state index contributed by atoms with van der Waals surface area (Å²) in [6.45, 7) is 1.36. The van der Waals surface area contributed by atoms with Crippen molar-refractivity contribution in [3.8, 4) is 0 Å². The maximum absolute atomic E-state index is 14.1. The van der Waals surface area contributed by atoms with Crippen molar-refractivity contribution in [2.24, 2.45) is 9.98 Å². The maximum atomic E-state index is 14.1. The van der Waals surface area contributed by atoms with Crippen molar-refractivity contribution in [3.63, 3.8) is 0 Å². The van der Waals surface area contributed by atoms with E-state index in [1.807, 2.05) is 85.1 Å². The number of hydrogen-bond acceptors (Lipinski definition) is 6. The number of allylic oxidation sites excluding steroid dienone is 1. The number of rotatable bonds is 8. The highest BCUT2D eigenvalue weighted by molar-refractivity contribution is 6.48. The second-order valence-corrected chi connectivity index (χ2v) is 9.79. The minimum Gasteiger partial charge on any atom is -0.459 e. The van der Waals surface area contributed by atoms with E-state index in [0.717, 1.165) is 27.6 Å². The average molecular weight is 531 g/mol. The number of aromatic amines is 1. The summed E-state index contributed by atoms with van der Waals surface area (Å²) in [6.07, 6.45) is 5.17. The summed E-state index contributed by atoms with van der Waals surface area (Å²) in [5.74, 6) is -1.84. The zero-order valence-electron chi connectivity index (χ0n) is 21.8. The second kappa shape index (κ2) is 10.2. The van der Waals surface area contributed by atoms with E-state index in [9.17, 15) is 14.4 Å². The van der Waals surface area contributed by atoms with Crippen LogP contribution < -0.4 is 5.32 Å². The number of hydrogen-bond donors (Lipinski definition) is 2. The molecule has 3 heterocycles. The number of amides is 1. The molecule has 198 valence electrons. The molecule has 1 aromatic heterocycles. The number of nitrogens with zero attached hydrogens (tertiary/aromatic N) is 2. The van der Waals surface area contributed by atoms with Gasteiger partial charge in [-0.05, 0) is 36.3 Å². The van der Waals surface area contributed by atoms with E-state index in [-0.39, 0.29) is 18.7 Å². The van der Waals surface area contributed by atoms with Crippen molar-refractivity contribution in [3.05, 3.63) is 108 Å². The number of esters is 1. The largest absolute Gasteiger partial charge is 0.459 e. The van der Waals surface area contributed by atoms with Gasteiger partial charge in [0.25, 0.3) is 5.91 Å². The van der Waals surface area contributed by atoms with Crippen LogP contribution in [-0.2, 0) is 32.1 Å². The number of ketones is 1. The van der Waals surface area contributed by atoms with Crippen LogP contribution in [0.3, 0.4) is 0 Å². The lowest BCUT2D eigenvalue weighted by atomic mass is 9.81. The number of carbonyl (C=O) groups is 3. The first-order valence-corrected chi connectivity index (χ1v) is 13.0. The molecule has 3 aromatic carbocycles. The van der Waals surface area contributed by atoms with E-state index in [2.05, 4.69) is 20.3 Å². The lowest BCUT2D eigenvalue weighted by molar-refractivity contribution is -0.150. The molecule has 4 aromatic rings. The van der Waals surface area contributed by atoms with Crippen LogP contribution in [0.5, 0.6) is 0 Å². The fourth-order valence-corrected chi connectivity index (χ4v) is 5.23. The molecule has 2 aliphatic rings. The van der Waals surface area contributed by atoms with E-state index in [1.54, 1.807) is 6.08 Å². The lowest BCUT2D eigenvalue weighted by Gasteiger charge is -2.30. The van der Waals surface area contributed by atoms with Crippen molar-refractivity contribution in [1.29, 1.82) is 0 Å². The molecule has 8 nitrogen and oxygen atoms in total. The smallest absolute Gasteiger partial charge is 0.329 e. The topological polar surface area (TPSA) is 113 Å². The lowest BCUT2D eigenvalue weighted by Crippen LogP contribution is -2.60. The molecule has 2 atom stereocenters. The Balaban J connectivity index is 1.33. The Hall–Kier alpha value is -5.11. The van der Waals surface area contributed by atoms with Gasteiger partial charge in [-0.15, -0.1) is 0 Å². The van der Waals surface area contributed by atoms with Crippen molar-refractivity contribution in [2.45, 2.75) is 31.5 Å². The molecule has 0 saturated heterocycles. The van der Waals surface area contributed by atoms with Crippen LogP contribution in [0.15, 0.2) is 101 Å². The van der Waals surface area contributed by atoms with Crippen LogP contribution in [0.25, 0.3) is 16.5 Å². The summed E-state index contributed by atoms with van der Waals surface area (Å²) in [6, 6.07) is 23.4. The minimum absolute atomic E-state index is 0.0465. The third-order valence-electron chi connectivity index (χ3n) is 7.28. The summed E-state index contributed by atoms with van der Waals surface area (Å²) in [7, 11) is 0. The van der Waals surface area contributed by atoms with Gasteiger partial charge in [-0.2, -0.15) is 0 Å². The Labute approximate surface area is 230 Å².